The molecule has 0 aliphatic rings. The molecule has 2 rings (SSSR count). The zero-order valence-electron chi connectivity index (χ0n) is 12.0. The van der Waals surface area contributed by atoms with Crippen molar-refractivity contribution in [2.45, 2.75) is 25.9 Å². The second-order valence-electron chi connectivity index (χ2n) is 5.35. The van der Waals surface area contributed by atoms with Gasteiger partial charge in [0.25, 0.3) is 5.56 Å². The number of carbonyl (C=O) groups excluding carboxylic acids is 1. The van der Waals surface area contributed by atoms with E-state index < -0.39 is 35.2 Å². The molecule has 0 fully saturated rings. The van der Waals surface area contributed by atoms with E-state index in [1.54, 1.807) is 18.2 Å². The summed E-state index contributed by atoms with van der Waals surface area (Å²) in [6, 6.07) is 6.42. The molecule has 0 aliphatic carbocycles. The molecule has 1 heterocycles. The largest absolute Gasteiger partial charge is 0.480 e. The van der Waals surface area contributed by atoms with Gasteiger partial charge in [-0.3, -0.25) is 14.2 Å². The van der Waals surface area contributed by atoms with Crippen molar-refractivity contribution in [3.05, 3.63) is 45.1 Å². The number of aromatic nitrogens is 2. The Labute approximate surface area is 124 Å². The summed E-state index contributed by atoms with van der Waals surface area (Å²) in [7, 11) is 0. The molecule has 116 valence electrons. The molecule has 0 spiro atoms. The van der Waals surface area contributed by atoms with E-state index in [1.165, 1.54) is 19.9 Å². The number of carboxylic acids is 1. The quantitative estimate of drug-likeness (QED) is 0.714. The van der Waals surface area contributed by atoms with Crippen LogP contribution in [0.25, 0.3) is 10.9 Å². The summed E-state index contributed by atoms with van der Waals surface area (Å²) in [5.74, 6) is -1.96. The fourth-order valence-electron chi connectivity index (χ4n) is 1.93. The lowest BCUT2D eigenvalue weighted by molar-refractivity contribution is -0.146. The van der Waals surface area contributed by atoms with Gasteiger partial charge >= 0.3 is 11.7 Å². The first-order chi connectivity index (χ1) is 10.2. The molecular weight excluding hydrogens is 290 g/mol. The molecule has 0 unspecified atom stereocenters. The zero-order chi connectivity index (χ0) is 16.5. The van der Waals surface area contributed by atoms with Crippen LogP contribution in [0.3, 0.4) is 0 Å². The number of nitrogens with zero attached hydrogens (tertiary/aromatic N) is 1. The molecule has 0 radical (unpaired) electrons. The highest BCUT2D eigenvalue weighted by molar-refractivity contribution is 5.86. The fraction of sp³-hybridized carbons (Fsp3) is 0.286. The Bertz CT molecular complexity index is 863. The highest BCUT2D eigenvalue weighted by Gasteiger charge is 2.29. The summed E-state index contributed by atoms with van der Waals surface area (Å²) in [5, 5.41) is 11.5. The van der Waals surface area contributed by atoms with Crippen LogP contribution in [0, 0.1) is 0 Å². The third kappa shape index (κ3) is 2.90. The summed E-state index contributed by atoms with van der Waals surface area (Å²) in [6.07, 6.45) is 0. The number of benzene rings is 1. The van der Waals surface area contributed by atoms with E-state index in [1.807, 2.05) is 0 Å². The lowest BCUT2D eigenvalue weighted by Crippen LogP contribution is -2.52. The summed E-state index contributed by atoms with van der Waals surface area (Å²) in [6.45, 7) is 2.05. The maximum absolute atomic E-state index is 12.2. The predicted molar refractivity (Wildman–Crippen MR) is 78.7 cm³/mol. The normalized spacial score (nSPS) is 11.4. The van der Waals surface area contributed by atoms with Crippen LogP contribution in [0.2, 0.25) is 0 Å². The van der Waals surface area contributed by atoms with E-state index in [0.29, 0.717) is 5.52 Å². The molecule has 2 aromatic rings. The second-order valence-corrected chi connectivity index (χ2v) is 5.35. The van der Waals surface area contributed by atoms with Crippen molar-refractivity contribution < 1.29 is 14.7 Å². The van der Waals surface area contributed by atoms with Gasteiger partial charge in [-0.15, -0.1) is 0 Å². The Balaban J connectivity index is 2.37. The Kier molecular flexibility index (Phi) is 3.85. The standard InChI is InChI=1S/C14H15N3O5/c1-14(2,12(20)21)16-10(18)7-17-11(19)8-5-3-4-6-9(8)15-13(17)22/h3-6H,7H2,1-2H3,(H,15,22)(H,16,18)(H,20,21). The SMILES string of the molecule is CC(C)(NC(=O)Cn1c(=O)[nH]c2ccccc2c1=O)C(=O)O. The van der Waals surface area contributed by atoms with Crippen LogP contribution in [-0.4, -0.2) is 32.1 Å². The van der Waals surface area contributed by atoms with Gasteiger partial charge in [0.15, 0.2) is 0 Å². The van der Waals surface area contributed by atoms with E-state index in [-0.39, 0.29) is 5.39 Å². The average Bonchev–Trinajstić information content (AvgIpc) is 2.42. The Morgan fingerprint density at radius 1 is 1.27 bits per heavy atom. The third-order valence-electron chi connectivity index (χ3n) is 3.18. The van der Waals surface area contributed by atoms with Gasteiger partial charge in [-0.25, -0.2) is 9.59 Å². The monoisotopic (exact) mass is 305 g/mol. The Morgan fingerprint density at radius 2 is 1.91 bits per heavy atom. The molecule has 0 aliphatic heterocycles. The van der Waals surface area contributed by atoms with Crippen molar-refractivity contribution in [3.8, 4) is 0 Å². The highest BCUT2D eigenvalue weighted by atomic mass is 16.4. The topological polar surface area (TPSA) is 121 Å². The van der Waals surface area contributed by atoms with E-state index in [4.69, 9.17) is 5.11 Å². The number of aliphatic carboxylic acids is 1. The minimum atomic E-state index is -1.50. The van der Waals surface area contributed by atoms with Gasteiger partial charge in [0.05, 0.1) is 10.9 Å². The van der Waals surface area contributed by atoms with Crippen LogP contribution >= 0.6 is 0 Å². The molecule has 1 aromatic heterocycles. The lowest BCUT2D eigenvalue weighted by atomic mass is 10.1. The average molecular weight is 305 g/mol. The molecule has 0 saturated carbocycles. The number of hydrogen-bond acceptors (Lipinski definition) is 4. The van der Waals surface area contributed by atoms with Crippen LogP contribution in [0.1, 0.15) is 13.8 Å². The molecule has 0 saturated heterocycles. The number of para-hydroxylation sites is 1. The van der Waals surface area contributed by atoms with Crippen LogP contribution < -0.4 is 16.6 Å². The van der Waals surface area contributed by atoms with Crippen molar-refractivity contribution >= 4 is 22.8 Å². The summed E-state index contributed by atoms with van der Waals surface area (Å²) in [4.78, 5) is 49.5. The van der Waals surface area contributed by atoms with E-state index >= 15 is 0 Å². The summed E-state index contributed by atoms with van der Waals surface area (Å²) >= 11 is 0. The summed E-state index contributed by atoms with van der Waals surface area (Å²) < 4.78 is 0.732. The van der Waals surface area contributed by atoms with Gasteiger partial charge in [0, 0.05) is 0 Å². The first-order valence-corrected chi connectivity index (χ1v) is 6.48. The smallest absolute Gasteiger partial charge is 0.329 e. The van der Waals surface area contributed by atoms with Gasteiger partial charge in [-0.05, 0) is 26.0 Å². The van der Waals surface area contributed by atoms with Crippen LogP contribution in [0.5, 0.6) is 0 Å². The van der Waals surface area contributed by atoms with Crippen LogP contribution in [0.15, 0.2) is 33.9 Å². The molecule has 8 heteroatoms. The van der Waals surface area contributed by atoms with Crippen LogP contribution in [0.4, 0.5) is 0 Å². The zero-order valence-corrected chi connectivity index (χ0v) is 12.0. The Morgan fingerprint density at radius 3 is 2.55 bits per heavy atom. The maximum atomic E-state index is 12.2. The van der Waals surface area contributed by atoms with E-state index in [9.17, 15) is 19.2 Å². The second kappa shape index (κ2) is 5.47. The maximum Gasteiger partial charge on any atom is 0.329 e. The number of amides is 1. The molecular formula is C14H15N3O5. The van der Waals surface area contributed by atoms with Crippen molar-refractivity contribution in [1.29, 1.82) is 0 Å². The number of H-pyrrole nitrogens is 1. The number of carboxylic acid groups (broad SMARTS) is 1. The van der Waals surface area contributed by atoms with E-state index in [0.717, 1.165) is 4.57 Å². The summed E-state index contributed by atoms with van der Waals surface area (Å²) in [5.41, 5.74) is -2.46. The van der Waals surface area contributed by atoms with Gasteiger partial charge in [-0.1, -0.05) is 12.1 Å². The lowest BCUT2D eigenvalue weighted by Gasteiger charge is -2.21. The van der Waals surface area contributed by atoms with Gasteiger partial charge in [0.2, 0.25) is 5.91 Å². The van der Waals surface area contributed by atoms with E-state index in [2.05, 4.69) is 10.3 Å². The van der Waals surface area contributed by atoms with Crippen molar-refractivity contribution in [2.75, 3.05) is 0 Å². The van der Waals surface area contributed by atoms with Gasteiger partial charge in [0.1, 0.15) is 12.1 Å². The minimum absolute atomic E-state index is 0.271. The molecule has 0 atom stereocenters. The van der Waals surface area contributed by atoms with Gasteiger partial charge < -0.3 is 15.4 Å². The van der Waals surface area contributed by atoms with Crippen molar-refractivity contribution in [2.24, 2.45) is 0 Å². The predicted octanol–water partition coefficient (Wildman–Crippen LogP) is -0.331. The highest BCUT2D eigenvalue weighted by Crippen LogP contribution is 2.04. The molecule has 22 heavy (non-hydrogen) atoms. The molecule has 3 N–H and O–H groups in total. The molecule has 0 bridgehead atoms. The number of rotatable bonds is 4. The number of carbonyl (C=O) groups is 2. The number of fused-ring (bicyclic) bond motifs is 1. The number of aromatic amines is 1. The molecule has 1 aromatic carbocycles. The van der Waals surface area contributed by atoms with Crippen molar-refractivity contribution in [1.82, 2.24) is 14.9 Å². The third-order valence-corrected chi connectivity index (χ3v) is 3.18. The molecule has 8 nitrogen and oxygen atoms in total. The Hall–Kier alpha value is -2.90. The number of hydrogen-bond donors (Lipinski definition) is 3. The first kappa shape index (κ1) is 15.5. The fourth-order valence-corrected chi connectivity index (χ4v) is 1.93. The van der Waals surface area contributed by atoms with Crippen LogP contribution in [-0.2, 0) is 16.1 Å². The minimum Gasteiger partial charge on any atom is -0.480 e. The first-order valence-electron chi connectivity index (χ1n) is 6.48. The number of nitrogens with one attached hydrogen (secondary N) is 2. The van der Waals surface area contributed by atoms with Gasteiger partial charge in [-0.2, -0.15) is 0 Å². The van der Waals surface area contributed by atoms with Crippen molar-refractivity contribution in [3.63, 3.8) is 0 Å². The molecule has 1 amide bonds.